The van der Waals surface area contributed by atoms with E-state index in [1.807, 2.05) is 0 Å². The Bertz CT molecular complexity index is 409. The molecular weight excluding hydrogens is 224 g/mol. The van der Waals surface area contributed by atoms with Crippen molar-refractivity contribution < 1.29 is 4.79 Å². The van der Waals surface area contributed by atoms with Crippen molar-refractivity contribution in [1.82, 2.24) is 4.90 Å². The molecule has 98 valence electrons. The first kappa shape index (κ1) is 12.0. The Morgan fingerprint density at radius 3 is 2.44 bits per heavy atom. The third-order valence-electron chi connectivity index (χ3n) is 5.46. The summed E-state index contributed by atoms with van der Waals surface area (Å²) in [6.07, 6.45) is 7.19. The van der Waals surface area contributed by atoms with Crippen LogP contribution in [0.5, 0.6) is 0 Å². The lowest BCUT2D eigenvalue weighted by Gasteiger charge is -2.60. The minimum absolute atomic E-state index is 0.121. The Labute approximate surface area is 109 Å². The molecule has 2 atom stereocenters. The van der Waals surface area contributed by atoms with Crippen molar-refractivity contribution >= 4 is 5.91 Å². The molecule has 0 radical (unpaired) electrons. The second kappa shape index (κ2) is 3.73. The van der Waals surface area contributed by atoms with Gasteiger partial charge in [-0.05, 0) is 55.8 Å². The van der Waals surface area contributed by atoms with Gasteiger partial charge in [0.1, 0.15) is 6.54 Å². The van der Waals surface area contributed by atoms with Crippen LogP contribution in [0.4, 0.5) is 0 Å². The molecule has 3 nitrogen and oxygen atoms in total. The fourth-order valence-electron chi connectivity index (χ4n) is 5.55. The SMILES string of the molecule is CN(CC#N)C(=O)C12CC3CC(CC(C)(C3)C1)C2. The number of hydrogen-bond acceptors (Lipinski definition) is 2. The third kappa shape index (κ3) is 1.66. The number of amides is 1. The van der Waals surface area contributed by atoms with Crippen LogP contribution in [0.15, 0.2) is 0 Å². The Morgan fingerprint density at radius 1 is 1.33 bits per heavy atom. The zero-order valence-corrected chi connectivity index (χ0v) is 11.4. The number of hydrogen-bond donors (Lipinski definition) is 0. The van der Waals surface area contributed by atoms with E-state index in [0.717, 1.165) is 31.1 Å². The Hall–Kier alpha value is -1.04. The van der Waals surface area contributed by atoms with Crippen molar-refractivity contribution in [3.63, 3.8) is 0 Å². The van der Waals surface area contributed by atoms with Gasteiger partial charge in [-0.2, -0.15) is 5.26 Å². The summed E-state index contributed by atoms with van der Waals surface area (Å²) >= 11 is 0. The molecule has 4 saturated carbocycles. The minimum atomic E-state index is -0.121. The quantitative estimate of drug-likeness (QED) is 0.703. The monoisotopic (exact) mass is 246 g/mol. The molecule has 0 heterocycles. The zero-order chi connectivity index (χ0) is 13.0. The van der Waals surface area contributed by atoms with E-state index < -0.39 is 0 Å². The molecule has 0 spiro atoms. The highest BCUT2D eigenvalue weighted by Crippen LogP contribution is 2.65. The topological polar surface area (TPSA) is 44.1 Å². The van der Waals surface area contributed by atoms with Gasteiger partial charge in [0, 0.05) is 7.05 Å². The van der Waals surface area contributed by atoms with E-state index in [-0.39, 0.29) is 17.9 Å². The molecule has 4 aliphatic carbocycles. The summed E-state index contributed by atoms with van der Waals surface area (Å²) in [5, 5.41) is 8.77. The smallest absolute Gasteiger partial charge is 0.229 e. The van der Waals surface area contributed by atoms with Gasteiger partial charge >= 0.3 is 0 Å². The summed E-state index contributed by atoms with van der Waals surface area (Å²) < 4.78 is 0. The maximum Gasteiger partial charge on any atom is 0.229 e. The van der Waals surface area contributed by atoms with Gasteiger partial charge in [0.2, 0.25) is 5.91 Å². The maximum atomic E-state index is 12.7. The molecule has 0 N–H and O–H groups in total. The predicted molar refractivity (Wildman–Crippen MR) is 68.5 cm³/mol. The summed E-state index contributed by atoms with van der Waals surface area (Å²) in [5.41, 5.74) is 0.275. The number of nitrogens with zero attached hydrogens (tertiary/aromatic N) is 2. The first-order valence-corrected chi connectivity index (χ1v) is 7.09. The zero-order valence-electron chi connectivity index (χ0n) is 11.4. The van der Waals surface area contributed by atoms with Crippen LogP contribution in [0.2, 0.25) is 0 Å². The van der Waals surface area contributed by atoms with Crippen molar-refractivity contribution in [2.24, 2.45) is 22.7 Å². The largest absolute Gasteiger partial charge is 0.332 e. The van der Waals surface area contributed by atoms with E-state index >= 15 is 0 Å². The average molecular weight is 246 g/mol. The van der Waals surface area contributed by atoms with Crippen LogP contribution in [0.25, 0.3) is 0 Å². The molecular formula is C15H22N2O. The molecule has 2 unspecified atom stereocenters. The second-order valence-electron chi connectivity index (χ2n) is 7.37. The molecule has 0 aromatic heterocycles. The molecule has 4 rings (SSSR count). The lowest BCUT2D eigenvalue weighted by atomic mass is 9.44. The molecule has 4 aliphatic rings. The van der Waals surface area contributed by atoms with Crippen LogP contribution >= 0.6 is 0 Å². The highest BCUT2D eigenvalue weighted by molar-refractivity contribution is 5.83. The van der Waals surface area contributed by atoms with Gasteiger partial charge in [0.15, 0.2) is 0 Å². The van der Waals surface area contributed by atoms with Crippen LogP contribution in [0.1, 0.15) is 45.4 Å². The second-order valence-corrected chi connectivity index (χ2v) is 7.37. The molecule has 4 fully saturated rings. The lowest BCUT2D eigenvalue weighted by Crippen LogP contribution is -2.57. The summed E-state index contributed by atoms with van der Waals surface area (Å²) in [5.74, 6) is 1.76. The molecule has 3 heteroatoms. The normalized spacial score (nSPS) is 44.7. The van der Waals surface area contributed by atoms with Crippen molar-refractivity contribution in [2.75, 3.05) is 13.6 Å². The summed E-state index contributed by atoms with van der Waals surface area (Å²) in [4.78, 5) is 14.4. The Kier molecular flexibility index (Phi) is 2.49. The predicted octanol–water partition coefficient (Wildman–Crippen LogP) is 2.57. The van der Waals surface area contributed by atoms with Crippen LogP contribution < -0.4 is 0 Å². The van der Waals surface area contributed by atoms with Crippen LogP contribution in [-0.4, -0.2) is 24.4 Å². The van der Waals surface area contributed by atoms with Crippen LogP contribution in [-0.2, 0) is 4.79 Å². The number of carbonyl (C=O) groups is 1. The van der Waals surface area contributed by atoms with Crippen molar-refractivity contribution in [3.8, 4) is 6.07 Å². The van der Waals surface area contributed by atoms with E-state index in [1.165, 1.54) is 19.3 Å². The minimum Gasteiger partial charge on any atom is -0.332 e. The fourth-order valence-corrected chi connectivity index (χ4v) is 5.55. The van der Waals surface area contributed by atoms with E-state index in [9.17, 15) is 4.79 Å². The lowest BCUT2D eigenvalue weighted by molar-refractivity contribution is -0.164. The van der Waals surface area contributed by atoms with E-state index in [1.54, 1.807) is 11.9 Å². The summed E-state index contributed by atoms with van der Waals surface area (Å²) in [7, 11) is 1.78. The number of rotatable bonds is 2. The molecule has 1 amide bonds. The van der Waals surface area contributed by atoms with Gasteiger partial charge in [-0.15, -0.1) is 0 Å². The van der Waals surface area contributed by atoms with E-state index in [2.05, 4.69) is 13.0 Å². The summed E-state index contributed by atoms with van der Waals surface area (Å²) in [6.45, 7) is 2.60. The van der Waals surface area contributed by atoms with Crippen molar-refractivity contribution in [2.45, 2.75) is 45.4 Å². The molecule has 0 aromatic carbocycles. The Balaban J connectivity index is 1.87. The molecule has 0 aromatic rings. The molecule has 0 saturated heterocycles. The maximum absolute atomic E-state index is 12.7. The first-order valence-electron chi connectivity index (χ1n) is 7.09. The Morgan fingerprint density at radius 2 is 1.94 bits per heavy atom. The van der Waals surface area contributed by atoms with Crippen LogP contribution in [0, 0.1) is 34.0 Å². The number of carbonyl (C=O) groups excluding carboxylic acids is 1. The van der Waals surface area contributed by atoms with Crippen LogP contribution in [0.3, 0.4) is 0 Å². The fraction of sp³-hybridized carbons (Fsp3) is 0.867. The van der Waals surface area contributed by atoms with Gasteiger partial charge in [0.05, 0.1) is 11.5 Å². The van der Waals surface area contributed by atoms with E-state index in [0.29, 0.717) is 5.41 Å². The molecule has 18 heavy (non-hydrogen) atoms. The number of nitriles is 1. The third-order valence-corrected chi connectivity index (χ3v) is 5.46. The first-order chi connectivity index (χ1) is 8.46. The highest BCUT2D eigenvalue weighted by atomic mass is 16.2. The van der Waals surface area contributed by atoms with Gasteiger partial charge in [-0.1, -0.05) is 6.92 Å². The van der Waals surface area contributed by atoms with Gasteiger partial charge in [-0.25, -0.2) is 0 Å². The van der Waals surface area contributed by atoms with Crippen molar-refractivity contribution in [1.29, 1.82) is 5.26 Å². The standard InChI is InChI=1S/C15H22N2O/c1-14-6-11-5-12(7-14)9-15(8-11,10-14)13(18)17(2)4-3-16/h11-12H,4-10H2,1-2H3. The average Bonchev–Trinajstić information content (AvgIpc) is 2.24. The molecule has 4 bridgehead atoms. The van der Waals surface area contributed by atoms with Gasteiger partial charge in [-0.3, -0.25) is 4.79 Å². The van der Waals surface area contributed by atoms with Crippen molar-refractivity contribution in [3.05, 3.63) is 0 Å². The highest BCUT2D eigenvalue weighted by Gasteiger charge is 2.59. The molecule has 0 aliphatic heterocycles. The van der Waals surface area contributed by atoms with Gasteiger partial charge < -0.3 is 4.90 Å². The summed E-state index contributed by atoms with van der Waals surface area (Å²) in [6, 6.07) is 2.10. The van der Waals surface area contributed by atoms with E-state index in [4.69, 9.17) is 5.26 Å². The van der Waals surface area contributed by atoms with Gasteiger partial charge in [0.25, 0.3) is 0 Å².